The van der Waals surface area contributed by atoms with Crippen LogP contribution < -0.4 is 11.3 Å². The van der Waals surface area contributed by atoms with Gasteiger partial charge < -0.3 is 0 Å². The fourth-order valence-electron chi connectivity index (χ4n) is 1.85. The zero-order valence-corrected chi connectivity index (χ0v) is 12.1. The number of nitrogens with one attached hydrogen (secondary N) is 1. The molecule has 2 rings (SSSR count). The van der Waals surface area contributed by atoms with Crippen molar-refractivity contribution < 1.29 is 17.6 Å². The standard InChI is InChI=1S/C13H9F4IN2/c14-6-1-2-7(10(18)5-6)13(20-19)8-3-4-9(15)12(17)11(8)16/h1-5,13,20H,19H2. The molecule has 20 heavy (non-hydrogen) atoms. The second-order valence-corrected chi connectivity index (χ2v) is 5.19. The lowest BCUT2D eigenvalue weighted by Crippen LogP contribution is -2.30. The highest BCUT2D eigenvalue weighted by molar-refractivity contribution is 14.1. The quantitative estimate of drug-likeness (QED) is 0.275. The van der Waals surface area contributed by atoms with E-state index >= 15 is 0 Å². The van der Waals surface area contributed by atoms with Crippen molar-refractivity contribution in [3.8, 4) is 0 Å². The molecule has 0 saturated heterocycles. The van der Waals surface area contributed by atoms with Gasteiger partial charge in [0.25, 0.3) is 0 Å². The summed E-state index contributed by atoms with van der Waals surface area (Å²) >= 11 is 1.85. The third-order valence-electron chi connectivity index (χ3n) is 2.82. The first-order valence-electron chi connectivity index (χ1n) is 5.50. The molecule has 0 bridgehead atoms. The maximum atomic E-state index is 13.8. The molecule has 2 aromatic carbocycles. The van der Waals surface area contributed by atoms with E-state index in [9.17, 15) is 17.6 Å². The van der Waals surface area contributed by atoms with Gasteiger partial charge in [-0.15, -0.1) is 0 Å². The van der Waals surface area contributed by atoms with Crippen molar-refractivity contribution in [1.82, 2.24) is 5.43 Å². The van der Waals surface area contributed by atoms with Gasteiger partial charge >= 0.3 is 0 Å². The van der Waals surface area contributed by atoms with E-state index in [1.807, 2.05) is 22.6 Å². The van der Waals surface area contributed by atoms with Gasteiger partial charge in [0, 0.05) is 9.13 Å². The Balaban J connectivity index is 2.55. The van der Waals surface area contributed by atoms with Crippen LogP contribution in [0.4, 0.5) is 17.6 Å². The molecule has 0 aliphatic carbocycles. The Morgan fingerprint density at radius 3 is 2.20 bits per heavy atom. The van der Waals surface area contributed by atoms with Crippen molar-refractivity contribution in [1.29, 1.82) is 0 Å². The summed E-state index contributed by atoms with van der Waals surface area (Å²) in [6.45, 7) is 0. The van der Waals surface area contributed by atoms with E-state index in [2.05, 4.69) is 5.43 Å². The van der Waals surface area contributed by atoms with Gasteiger partial charge in [-0.2, -0.15) is 0 Å². The van der Waals surface area contributed by atoms with Crippen LogP contribution in [0.5, 0.6) is 0 Å². The first-order valence-corrected chi connectivity index (χ1v) is 6.58. The maximum Gasteiger partial charge on any atom is 0.194 e. The summed E-state index contributed by atoms with van der Waals surface area (Å²) < 4.78 is 53.6. The normalized spacial score (nSPS) is 12.5. The molecule has 0 heterocycles. The molecular weight excluding hydrogens is 387 g/mol. The molecule has 0 radical (unpaired) electrons. The predicted octanol–water partition coefficient (Wildman–Crippen LogP) is 3.40. The summed E-state index contributed by atoms with van der Waals surface area (Å²) in [5, 5.41) is 0. The average Bonchev–Trinajstić information content (AvgIpc) is 2.41. The van der Waals surface area contributed by atoms with Gasteiger partial charge in [-0.3, -0.25) is 5.84 Å². The topological polar surface area (TPSA) is 38.0 Å². The first kappa shape index (κ1) is 15.2. The van der Waals surface area contributed by atoms with Gasteiger partial charge in [0.05, 0.1) is 6.04 Å². The zero-order valence-electron chi connectivity index (χ0n) is 9.93. The van der Waals surface area contributed by atoms with Gasteiger partial charge in [0.15, 0.2) is 17.5 Å². The van der Waals surface area contributed by atoms with Crippen LogP contribution in [0.3, 0.4) is 0 Å². The second kappa shape index (κ2) is 6.06. The number of rotatable bonds is 3. The van der Waals surface area contributed by atoms with Crippen molar-refractivity contribution in [2.75, 3.05) is 0 Å². The van der Waals surface area contributed by atoms with Crippen molar-refractivity contribution >= 4 is 22.6 Å². The Morgan fingerprint density at radius 2 is 1.60 bits per heavy atom. The monoisotopic (exact) mass is 396 g/mol. The van der Waals surface area contributed by atoms with Crippen LogP contribution in [0, 0.1) is 26.8 Å². The van der Waals surface area contributed by atoms with Crippen molar-refractivity contribution in [2.45, 2.75) is 6.04 Å². The lowest BCUT2D eigenvalue weighted by molar-refractivity contribution is 0.433. The van der Waals surface area contributed by atoms with Crippen LogP contribution in [0.1, 0.15) is 17.2 Å². The molecule has 7 heteroatoms. The number of benzene rings is 2. The van der Waals surface area contributed by atoms with Crippen LogP contribution in [0.25, 0.3) is 0 Å². The smallest absolute Gasteiger partial charge is 0.194 e. The number of hydrogen-bond donors (Lipinski definition) is 2. The first-order chi connectivity index (χ1) is 9.45. The highest BCUT2D eigenvalue weighted by Crippen LogP contribution is 2.29. The van der Waals surface area contributed by atoms with Crippen LogP contribution >= 0.6 is 22.6 Å². The fraction of sp³-hybridized carbons (Fsp3) is 0.0769. The summed E-state index contributed by atoms with van der Waals surface area (Å²) in [5.41, 5.74) is 2.63. The Labute approximate surface area is 126 Å². The molecule has 106 valence electrons. The van der Waals surface area contributed by atoms with Gasteiger partial charge in [-0.1, -0.05) is 12.1 Å². The minimum absolute atomic E-state index is 0.157. The lowest BCUT2D eigenvalue weighted by Gasteiger charge is -2.19. The van der Waals surface area contributed by atoms with E-state index < -0.39 is 29.3 Å². The van der Waals surface area contributed by atoms with E-state index in [1.165, 1.54) is 18.2 Å². The minimum atomic E-state index is -1.57. The summed E-state index contributed by atoms with van der Waals surface area (Å²) in [4.78, 5) is 0. The molecule has 0 aliphatic heterocycles. The summed E-state index contributed by atoms with van der Waals surface area (Å²) in [6, 6.07) is 4.81. The highest BCUT2D eigenvalue weighted by atomic mass is 127. The Hall–Kier alpha value is -1.19. The molecule has 3 N–H and O–H groups in total. The molecular formula is C13H9F4IN2. The largest absolute Gasteiger partial charge is 0.271 e. The van der Waals surface area contributed by atoms with E-state index in [4.69, 9.17) is 5.84 Å². The van der Waals surface area contributed by atoms with E-state index in [-0.39, 0.29) is 5.56 Å². The molecule has 2 nitrogen and oxygen atoms in total. The van der Waals surface area contributed by atoms with Crippen molar-refractivity contribution in [3.63, 3.8) is 0 Å². The summed E-state index contributed by atoms with van der Waals surface area (Å²) in [7, 11) is 0. The summed E-state index contributed by atoms with van der Waals surface area (Å²) in [6.07, 6.45) is 0. The van der Waals surface area contributed by atoms with Gasteiger partial charge in [-0.05, 0) is 46.4 Å². The molecule has 0 aromatic heterocycles. The molecule has 0 saturated carbocycles. The number of nitrogens with two attached hydrogens (primary N) is 1. The number of hydrazine groups is 1. The van der Waals surface area contributed by atoms with E-state index in [0.717, 1.165) is 12.1 Å². The summed E-state index contributed by atoms with van der Waals surface area (Å²) in [5.74, 6) is 0.735. The maximum absolute atomic E-state index is 13.8. The second-order valence-electron chi connectivity index (χ2n) is 4.03. The van der Waals surface area contributed by atoms with Crippen LogP contribution in [-0.2, 0) is 0 Å². The third-order valence-corrected chi connectivity index (χ3v) is 3.75. The lowest BCUT2D eigenvalue weighted by atomic mass is 9.98. The van der Waals surface area contributed by atoms with Gasteiger partial charge in [0.1, 0.15) is 5.82 Å². The Kier molecular flexibility index (Phi) is 4.61. The van der Waals surface area contributed by atoms with E-state index in [1.54, 1.807) is 0 Å². The average molecular weight is 396 g/mol. The molecule has 0 fully saturated rings. The van der Waals surface area contributed by atoms with Crippen LogP contribution in [0.2, 0.25) is 0 Å². The third kappa shape index (κ3) is 2.79. The van der Waals surface area contributed by atoms with E-state index in [0.29, 0.717) is 9.13 Å². The molecule has 0 spiro atoms. The number of halogens is 5. The highest BCUT2D eigenvalue weighted by Gasteiger charge is 2.23. The van der Waals surface area contributed by atoms with Crippen molar-refractivity contribution in [3.05, 3.63) is 68.3 Å². The Bertz CT molecular complexity index is 649. The van der Waals surface area contributed by atoms with Crippen LogP contribution in [0.15, 0.2) is 30.3 Å². The van der Waals surface area contributed by atoms with Crippen molar-refractivity contribution in [2.24, 2.45) is 5.84 Å². The molecule has 0 amide bonds. The Morgan fingerprint density at radius 1 is 0.950 bits per heavy atom. The number of hydrogen-bond acceptors (Lipinski definition) is 2. The zero-order chi connectivity index (χ0) is 14.9. The minimum Gasteiger partial charge on any atom is -0.271 e. The SMILES string of the molecule is NNC(c1ccc(F)cc1I)c1ccc(F)c(F)c1F. The molecule has 2 aromatic rings. The molecule has 1 atom stereocenters. The fourth-order valence-corrected chi connectivity index (χ4v) is 2.64. The van der Waals surface area contributed by atoms with Crippen LogP contribution in [-0.4, -0.2) is 0 Å². The molecule has 0 aliphatic rings. The predicted molar refractivity (Wildman–Crippen MR) is 74.6 cm³/mol. The van der Waals surface area contributed by atoms with Gasteiger partial charge in [0.2, 0.25) is 0 Å². The molecule has 1 unspecified atom stereocenters. The van der Waals surface area contributed by atoms with Gasteiger partial charge in [-0.25, -0.2) is 23.0 Å².